The van der Waals surface area contributed by atoms with Gasteiger partial charge in [0.05, 0.1) is 19.3 Å². The number of aliphatic hydroxyl groups excluding tert-OH is 2. The van der Waals surface area contributed by atoms with E-state index in [-0.39, 0.29) is 12.5 Å². The Kier molecular flexibility index (Phi) is 5.33. The number of aromatic amines is 1. The quantitative estimate of drug-likeness (QED) is 0.677. The third-order valence-corrected chi connectivity index (χ3v) is 3.48. The third-order valence-electron chi connectivity index (χ3n) is 3.48. The van der Waals surface area contributed by atoms with Crippen LogP contribution in [-0.2, 0) is 11.3 Å². The largest absolute Gasteiger partial charge is 0.390 e. The molecule has 1 aromatic rings. The van der Waals surface area contributed by atoms with Gasteiger partial charge < -0.3 is 14.9 Å². The molecule has 0 saturated carbocycles. The number of hydrogen-bond donors (Lipinski definition) is 3. The van der Waals surface area contributed by atoms with E-state index in [2.05, 4.69) is 22.0 Å². The molecule has 19 heavy (non-hydrogen) atoms. The Hall–Kier alpha value is -0.950. The smallest absolute Gasteiger partial charge is 0.104 e. The molecule has 1 saturated heterocycles. The minimum absolute atomic E-state index is 0.0433. The molecule has 1 aliphatic rings. The van der Waals surface area contributed by atoms with Gasteiger partial charge in [-0.2, -0.15) is 5.10 Å². The van der Waals surface area contributed by atoms with E-state index >= 15 is 0 Å². The summed E-state index contributed by atoms with van der Waals surface area (Å²) in [5.74, 6) is -0.0433. The van der Waals surface area contributed by atoms with Crippen molar-refractivity contribution in [3.63, 3.8) is 0 Å². The molecule has 108 valence electrons. The van der Waals surface area contributed by atoms with E-state index in [4.69, 9.17) is 4.74 Å². The highest BCUT2D eigenvalue weighted by Crippen LogP contribution is 2.17. The second kappa shape index (κ2) is 7.00. The van der Waals surface area contributed by atoms with Crippen LogP contribution in [0.4, 0.5) is 0 Å². The Bertz CT molecular complexity index is 358. The summed E-state index contributed by atoms with van der Waals surface area (Å²) < 4.78 is 5.32. The zero-order chi connectivity index (χ0) is 13.7. The highest BCUT2D eigenvalue weighted by molar-refractivity contribution is 4.97. The molecule has 3 N–H and O–H groups in total. The Morgan fingerprint density at radius 1 is 1.47 bits per heavy atom. The lowest BCUT2D eigenvalue weighted by atomic mass is 9.96. The molecule has 0 spiro atoms. The molecule has 2 heterocycles. The predicted molar refractivity (Wildman–Crippen MR) is 70.5 cm³/mol. The van der Waals surface area contributed by atoms with Gasteiger partial charge in [-0.3, -0.25) is 10.00 Å². The normalized spacial score (nSPS) is 27.9. The van der Waals surface area contributed by atoms with E-state index in [0.29, 0.717) is 13.2 Å². The van der Waals surface area contributed by atoms with Crippen molar-refractivity contribution in [2.24, 2.45) is 5.92 Å². The first kappa shape index (κ1) is 14.5. The molecule has 0 amide bonds. The molecule has 0 aliphatic carbocycles. The summed E-state index contributed by atoms with van der Waals surface area (Å²) in [5, 5.41) is 26.5. The van der Waals surface area contributed by atoms with Gasteiger partial charge >= 0.3 is 0 Å². The van der Waals surface area contributed by atoms with Crippen LogP contribution in [0.3, 0.4) is 0 Å². The van der Waals surface area contributed by atoms with Crippen LogP contribution in [0.5, 0.6) is 0 Å². The van der Waals surface area contributed by atoms with Gasteiger partial charge in [0, 0.05) is 30.9 Å². The fraction of sp³-hybridized carbons (Fsp3) is 0.769. The monoisotopic (exact) mass is 269 g/mol. The van der Waals surface area contributed by atoms with Crippen molar-refractivity contribution < 1.29 is 14.9 Å². The molecular formula is C13H23N3O3. The molecule has 0 radical (unpaired) electrons. The number of ether oxygens (including phenoxy) is 1. The van der Waals surface area contributed by atoms with Crippen LogP contribution in [0.15, 0.2) is 12.3 Å². The molecule has 6 heteroatoms. The molecule has 0 bridgehead atoms. The molecule has 1 aromatic heterocycles. The van der Waals surface area contributed by atoms with Crippen molar-refractivity contribution in [2.45, 2.75) is 32.1 Å². The molecule has 1 fully saturated rings. The van der Waals surface area contributed by atoms with Crippen LogP contribution in [0.1, 0.15) is 19.0 Å². The summed E-state index contributed by atoms with van der Waals surface area (Å²) in [6.45, 7) is 5.28. The fourth-order valence-corrected chi connectivity index (χ4v) is 2.51. The molecule has 0 aromatic carbocycles. The lowest BCUT2D eigenvalue weighted by Gasteiger charge is -2.35. The van der Waals surface area contributed by atoms with Gasteiger partial charge in [0.1, 0.15) is 6.10 Å². The standard InChI is InChI=1S/C13H23N3O3/c1-2-5-16(7-11-3-4-14-15-11)6-10-8-19-9-12(17)13(10)18/h3-4,10,12-13,17-18H,2,5-9H2,1H3,(H,14,15)/t10-,12-,13+/m1/s1. The van der Waals surface area contributed by atoms with E-state index < -0.39 is 12.2 Å². The average molecular weight is 269 g/mol. The van der Waals surface area contributed by atoms with E-state index in [1.54, 1.807) is 6.20 Å². The van der Waals surface area contributed by atoms with Crippen LogP contribution in [0.2, 0.25) is 0 Å². The first-order chi connectivity index (χ1) is 9.20. The van der Waals surface area contributed by atoms with Gasteiger partial charge in [-0.15, -0.1) is 0 Å². The van der Waals surface area contributed by atoms with Crippen molar-refractivity contribution in [1.82, 2.24) is 15.1 Å². The Labute approximate surface area is 113 Å². The van der Waals surface area contributed by atoms with E-state index in [1.165, 1.54) is 0 Å². The first-order valence-electron chi connectivity index (χ1n) is 6.85. The number of rotatable bonds is 6. The molecule has 2 rings (SSSR count). The summed E-state index contributed by atoms with van der Waals surface area (Å²) >= 11 is 0. The maximum atomic E-state index is 10.0. The van der Waals surface area contributed by atoms with Crippen LogP contribution < -0.4 is 0 Å². The van der Waals surface area contributed by atoms with Crippen molar-refractivity contribution >= 4 is 0 Å². The topological polar surface area (TPSA) is 81.6 Å². The zero-order valence-electron chi connectivity index (χ0n) is 11.3. The van der Waals surface area contributed by atoms with Crippen molar-refractivity contribution in [3.8, 4) is 0 Å². The Morgan fingerprint density at radius 3 is 3.00 bits per heavy atom. The summed E-state index contributed by atoms with van der Waals surface area (Å²) in [6, 6.07) is 1.95. The van der Waals surface area contributed by atoms with Crippen molar-refractivity contribution in [1.29, 1.82) is 0 Å². The minimum Gasteiger partial charge on any atom is -0.390 e. The average Bonchev–Trinajstić information content (AvgIpc) is 2.88. The number of H-pyrrole nitrogens is 1. The first-order valence-corrected chi connectivity index (χ1v) is 6.85. The SMILES string of the molecule is CCCN(Cc1ccn[nH]1)C[C@@H]1COC[C@@H](O)[C@H]1O. The second-order valence-electron chi connectivity index (χ2n) is 5.17. The third kappa shape index (κ3) is 4.01. The van der Waals surface area contributed by atoms with E-state index in [1.807, 2.05) is 6.07 Å². The molecule has 3 atom stereocenters. The maximum absolute atomic E-state index is 10.0. The van der Waals surface area contributed by atoms with E-state index in [9.17, 15) is 10.2 Å². The number of aliphatic hydroxyl groups is 2. The molecule has 6 nitrogen and oxygen atoms in total. The molecular weight excluding hydrogens is 246 g/mol. The lowest BCUT2D eigenvalue weighted by Crippen LogP contribution is -2.48. The second-order valence-corrected chi connectivity index (χ2v) is 5.17. The van der Waals surface area contributed by atoms with Gasteiger partial charge in [-0.25, -0.2) is 0 Å². The molecule has 1 aliphatic heterocycles. The highest BCUT2D eigenvalue weighted by Gasteiger charge is 2.32. The Morgan fingerprint density at radius 2 is 2.32 bits per heavy atom. The molecule has 0 unspecified atom stereocenters. The number of nitrogens with one attached hydrogen (secondary N) is 1. The van der Waals surface area contributed by atoms with Crippen LogP contribution >= 0.6 is 0 Å². The van der Waals surface area contributed by atoms with Crippen molar-refractivity contribution in [2.75, 3.05) is 26.3 Å². The van der Waals surface area contributed by atoms with Crippen LogP contribution in [0, 0.1) is 5.92 Å². The van der Waals surface area contributed by atoms with Gasteiger partial charge in [0.25, 0.3) is 0 Å². The summed E-state index contributed by atoms with van der Waals surface area (Å²) in [4.78, 5) is 2.25. The predicted octanol–water partition coefficient (Wildman–Crippen LogP) is -0.0101. The minimum atomic E-state index is -0.769. The highest BCUT2D eigenvalue weighted by atomic mass is 16.5. The lowest BCUT2D eigenvalue weighted by molar-refractivity contribution is -0.126. The zero-order valence-corrected chi connectivity index (χ0v) is 11.3. The maximum Gasteiger partial charge on any atom is 0.104 e. The van der Waals surface area contributed by atoms with Crippen LogP contribution in [0.25, 0.3) is 0 Å². The number of nitrogens with zero attached hydrogens (tertiary/aromatic N) is 2. The van der Waals surface area contributed by atoms with E-state index in [0.717, 1.165) is 25.2 Å². The summed E-state index contributed by atoms with van der Waals surface area (Å²) in [5.41, 5.74) is 1.06. The van der Waals surface area contributed by atoms with Gasteiger partial charge in [0.2, 0.25) is 0 Å². The van der Waals surface area contributed by atoms with Gasteiger partial charge in [0.15, 0.2) is 0 Å². The van der Waals surface area contributed by atoms with Crippen LogP contribution in [-0.4, -0.2) is 63.8 Å². The van der Waals surface area contributed by atoms with Gasteiger partial charge in [-0.1, -0.05) is 6.92 Å². The summed E-state index contributed by atoms with van der Waals surface area (Å²) in [6.07, 6.45) is 1.31. The Balaban J connectivity index is 1.91. The number of hydrogen-bond acceptors (Lipinski definition) is 5. The fourth-order valence-electron chi connectivity index (χ4n) is 2.51. The number of aromatic nitrogens is 2. The van der Waals surface area contributed by atoms with Gasteiger partial charge in [-0.05, 0) is 19.0 Å². The summed E-state index contributed by atoms with van der Waals surface area (Å²) in [7, 11) is 0. The van der Waals surface area contributed by atoms with Crippen molar-refractivity contribution in [3.05, 3.63) is 18.0 Å².